The topological polar surface area (TPSA) is 15.8 Å². The largest absolute Gasteiger partial charge is 0.346 e. The van der Waals surface area contributed by atoms with E-state index in [9.17, 15) is 4.39 Å². The zero-order valence-corrected chi connectivity index (χ0v) is 7.91. The van der Waals surface area contributed by atoms with E-state index in [0.717, 1.165) is 16.5 Å². The van der Waals surface area contributed by atoms with Crippen LogP contribution in [0.2, 0.25) is 0 Å². The molecule has 0 saturated carbocycles. The van der Waals surface area contributed by atoms with Crippen LogP contribution >= 0.6 is 12.2 Å². The van der Waals surface area contributed by atoms with Gasteiger partial charge in [0.15, 0.2) is 0 Å². The van der Waals surface area contributed by atoms with Gasteiger partial charge in [0, 0.05) is 10.9 Å². The highest BCUT2D eigenvalue weighted by Gasteiger charge is 1.98. The Morgan fingerprint density at radius 2 is 2.08 bits per heavy atom. The highest BCUT2D eigenvalue weighted by molar-refractivity contribution is 7.71. The second-order valence-corrected chi connectivity index (χ2v) is 3.45. The Morgan fingerprint density at radius 3 is 2.85 bits per heavy atom. The molecule has 0 bridgehead atoms. The monoisotopic (exact) mass is 193 g/mol. The fraction of sp³-hybridized carbons (Fsp3) is 0.100. The predicted octanol–water partition coefficient (Wildman–Crippen LogP) is 3.34. The summed E-state index contributed by atoms with van der Waals surface area (Å²) in [4.78, 5) is 3.01. The Hall–Kier alpha value is -1.22. The number of pyridine rings is 1. The Kier molecular flexibility index (Phi) is 1.88. The fourth-order valence-electron chi connectivity index (χ4n) is 1.39. The van der Waals surface area contributed by atoms with Gasteiger partial charge in [0.25, 0.3) is 0 Å². The molecule has 0 saturated heterocycles. The zero-order valence-electron chi connectivity index (χ0n) is 7.10. The van der Waals surface area contributed by atoms with E-state index >= 15 is 0 Å². The molecule has 0 amide bonds. The smallest absolute Gasteiger partial charge is 0.123 e. The van der Waals surface area contributed by atoms with Gasteiger partial charge in [-0.25, -0.2) is 4.39 Å². The van der Waals surface area contributed by atoms with Crippen molar-refractivity contribution in [2.75, 3.05) is 0 Å². The van der Waals surface area contributed by atoms with E-state index in [2.05, 4.69) is 4.98 Å². The van der Waals surface area contributed by atoms with Crippen LogP contribution in [0.5, 0.6) is 0 Å². The van der Waals surface area contributed by atoms with Crippen LogP contribution in [-0.4, -0.2) is 4.98 Å². The maximum atomic E-state index is 12.9. The summed E-state index contributed by atoms with van der Waals surface area (Å²) in [5.41, 5.74) is 1.88. The summed E-state index contributed by atoms with van der Waals surface area (Å²) in [5.74, 6) is -0.221. The number of rotatable bonds is 0. The van der Waals surface area contributed by atoms with Crippen LogP contribution in [0.4, 0.5) is 4.39 Å². The maximum Gasteiger partial charge on any atom is 0.123 e. The molecule has 0 aliphatic heterocycles. The molecule has 0 aliphatic carbocycles. The number of benzene rings is 1. The number of hydrogen-bond acceptors (Lipinski definition) is 1. The van der Waals surface area contributed by atoms with Crippen LogP contribution in [0.1, 0.15) is 5.56 Å². The second kappa shape index (κ2) is 2.92. The molecule has 0 spiro atoms. The quantitative estimate of drug-likeness (QED) is 0.634. The third kappa shape index (κ3) is 1.47. The number of fused-ring (bicyclic) bond motifs is 1. The van der Waals surface area contributed by atoms with Gasteiger partial charge >= 0.3 is 0 Å². The molecule has 0 atom stereocenters. The van der Waals surface area contributed by atoms with Gasteiger partial charge in [-0.15, -0.1) is 0 Å². The third-order valence-corrected chi connectivity index (χ3v) is 2.23. The van der Waals surface area contributed by atoms with Crippen LogP contribution in [0.3, 0.4) is 0 Å². The van der Waals surface area contributed by atoms with Crippen LogP contribution in [0, 0.1) is 17.4 Å². The molecule has 1 nitrogen and oxygen atoms in total. The summed E-state index contributed by atoms with van der Waals surface area (Å²) in [6.45, 7) is 1.92. The van der Waals surface area contributed by atoms with Crippen molar-refractivity contribution in [1.82, 2.24) is 4.98 Å². The molecular weight excluding hydrogens is 185 g/mol. The van der Waals surface area contributed by atoms with Crippen molar-refractivity contribution in [1.29, 1.82) is 0 Å². The summed E-state index contributed by atoms with van der Waals surface area (Å²) in [5, 5.41) is 0.883. The van der Waals surface area contributed by atoms with Crippen molar-refractivity contribution in [3.05, 3.63) is 40.3 Å². The highest BCUT2D eigenvalue weighted by Crippen LogP contribution is 2.17. The van der Waals surface area contributed by atoms with Crippen LogP contribution in [-0.2, 0) is 0 Å². The summed E-state index contributed by atoms with van der Waals surface area (Å²) in [6, 6.07) is 6.47. The molecule has 0 unspecified atom stereocenters. The van der Waals surface area contributed by atoms with Crippen molar-refractivity contribution >= 4 is 23.1 Å². The van der Waals surface area contributed by atoms with Gasteiger partial charge in [-0.3, -0.25) is 0 Å². The zero-order chi connectivity index (χ0) is 9.42. The molecule has 1 aromatic heterocycles. The molecule has 0 aliphatic rings. The lowest BCUT2D eigenvalue weighted by molar-refractivity contribution is 0.629. The summed E-state index contributed by atoms with van der Waals surface area (Å²) >= 11 is 5.01. The molecule has 1 heterocycles. The molecule has 13 heavy (non-hydrogen) atoms. The highest BCUT2D eigenvalue weighted by atomic mass is 32.1. The third-order valence-electron chi connectivity index (χ3n) is 2.01. The lowest BCUT2D eigenvalue weighted by Gasteiger charge is -2.01. The first-order valence-electron chi connectivity index (χ1n) is 3.96. The van der Waals surface area contributed by atoms with E-state index in [1.165, 1.54) is 12.1 Å². The van der Waals surface area contributed by atoms with Gasteiger partial charge in [-0.2, -0.15) is 0 Å². The number of nitrogens with one attached hydrogen (secondary N) is 1. The van der Waals surface area contributed by atoms with Gasteiger partial charge in [0.2, 0.25) is 0 Å². The van der Waals surface area contributed by atoms with E-state index in [4.69, 9.17) is 12.2 Å². The minimum atomic E-state index is -0.221. The summed E-state index contributed by atoms with van der Waals surface area (Å²) in [7, 11) is 0. The predicted molar refractivity (Wildman–Crippen MR) is 53.8 cm³/mol. The lowest BCUT2D eigenvalue weighted by Crippen LogP contribution is -1.85. The molecule has 2 aromatic rings. The van der Waals surface area contributed by atoms with Gasteiger partial charge in [-0.1, -0.05) is 12.2 Å². The molecule has 1 aromatic carbocycles. The summed E-state index contributed by atoms with van der Waals surface area (Å²) < 4.78 is 13.6. The first kappa shape index (κ1) is 8.38. The normalized spacial score (nSPS) is 10.6. The molecule has 66 valence electrons. The minimum absolute atomic E-state index is 0.221. The SMILES string of the molecule is Cc1cc(=S)[nH]c2ccc(F)cc12. The number of H-pyrrole nitrogens is 1. The van der Waals surface area contributed by atoms with E-state index in [1.54, 1.807) is 6.07 Å². The molecule has 3 heteroatoms. The van der Waals surface area contributed by atoms with Crippen molar-refractivity contribution < 1.29 is 4.39 Å². The van der Waals surface area contributed by atoms with Crippen molar-refractivity contribution in [2.24, 2.45) is 0 Å². The van der Waals surface area contributed by atoms with Crippen molar-refractivity contribution in [3.63, 3.8) is 0 Å². The number of hydrogen-bond donors (Lipinski definition) is 1. The lowest BCUT2D eigenvalue weighted by atomic mass is 10.1. The molecule has 2 rings (SSSR count). The molecule has 0 fully saturated rings. The number of aromatic nitrogens is 1. The maximum absolute atomic E-state index is 12.9. The Bertz CT molecular complexity index is 516. The van der Waals surface area contributed by atoms with Crippen LogP contribution in [0.15, 0.2) is 24.3 Å². The average molecular weight is 193 g/mol. The molecule has 0 radical (unpaired) electrons. The van der Waals surface area contributed by atoms with E-state index in [-0.39, 0.29) is 5.82 Å². The van der Waals surface area contributed by atoms with Gasteiger partial charge in [0.05, 0.1) is 0 Å². The van der Waals surface area contributed by atoms with Crippen LogP contribution < -0.4 is 0 Å². The molecule has 1 N–H and O–H groups in total. The fourth-order valence-corrected chi connectivity index (χ4v) is 1.68. The Labute approximate surface area is 80.2 Å². The Morgan fingerprint density at radius 1 is 1.31 bits per heavy atom. The molecular formula is C10H8FNS. The standard InChI is InChI=1S/C10H8FNS/c1-6-4-10(13)12-9-3-2-7(11)5-8(6)9/h2-5H,1H3,(H,12,13). The van der Waals surface area contributed by atoms with Gasteiger partial charge < -0.3 is 4.98 Å². The average Bonchev–Trinajstić information content (AvgIpc) is 2.06. The first-order valence-corrected chi connectivity index (χ1v) is 4.37. The van der Waals surface area contributed by atoms with E-state index in [0.29, 0.717) is 4.64 Å². The van der Waals surface area contributed by atoms with E-state index in [1.807, 2.05) is 13.0 Å². The van der Waals surface area contributed by atoms with E-state index < -0.39 is 0 Å². The number of halogens is 1. The second-order valence-electron chi connectivity index (χ2n) is 3.01. The minimum Gasteiger partial charge on any atom is -0.346 e. The van der Waals surface area contributed by atoms with Crippen molar-refractivity contribution in [2.45, 2.75) is 6.92 Å². The van der Waals surface area contributed by atoms with Gasteiger partial charge in [-0.05, 0) is 36.8 Å². The van der Waals surface area contributed by atoms with Gasteiger partial charge in [0.1, 0.15) is 10.5 Å². The van der Waals surface area contributed by atoms with Crippen LogP contribution in [0.25, 0.3) is 10.9 Å². The van der Waals surface area contributed by atoms with Crippen molar-refractivity contribution in [3.8, 4) is 0 Å². The summed E-state index contributed by atoms with van der Waals surface area (Å²) in [6.07, 6.45) is 0. The number of aryl methyl sites for hydroxylation is 1. The number of aromatic amines is 1. The first-order chi connectivity index (χ1) is 6.16. The Balaban J connectivity index is 2.95.